The Hall–Kier alpha value is -3.48. The summed E-state index contributed by atoms with van der Waals surface area (Å²) in [6.07, 6.45) is -0.459. The number of hydrogen-bond donors (Lipinski definition) is 1. The predicted molar refractivity (Wildman–Crippen MR) is 92.9 cm³/mol. The number of rotatable bonds is 5. The van der Waals surface area contributed by atoms with Crippen LogP contribution in [0.4, 0.5) is 0 Å². The highest BCUT2D eigenvalue weighted by atomic mass is 16.6. The van der Waals surface area contributed by atoms with Crippen molar-refractivity contribution < 1.29 is 33.8 Å². The number of carbonyl (C=O) groups is 4. The van der Waals surface area contributed by atoms with Gasteiger partial charge in [0.25, 0.3) is 5.60 Å². The average molecular weight is 368 g/mol. The lowest BCUT2D eigenvalue weighted by molar-refractivity contribution is -0.149. The standard InChI is InChI=1S/C20H16O7/c1-11(21)27-20(18(24)14-5-3-4-6-15(14)19(20)25)16-10-13(26-2)8-7-12(16)9-17(22)23/h3-8,10H,9H2,1-2H3,(H,22,23). The summed E-state index contributed by atoms with van der Waals surface area (Å²) in [5.41, 5.74) is -1.86. The molecule has 0 fully saturated rings. The normalized spacial score (nSPS) is 14.6. The number of fused-ring (bicyclic) bond motifs is 1. The highest BCUT2D eigenvalue weighted by Gasteiger charge is 2.58. The number of hydrogen-bond acceptors (Lipinski definition) is 6. The number of methoxy groups -OCH3 is 1. The minimum Gasteiger partial charge on any atom is -0.497 e. The number of Topliss-reactive ketones (excluding diaryl/α,β-unsaturated/α-hetero) is 2. The van der Waals surface area contributed by atoms with E-state index in [4.69, 9.17) is 9.47 Å². The SMILES string of the molecule is COc1ccc(CC(=O)O)c(C2(OC(C)=O)C(=O)c3ccccc3C2=O)c1. The molecule has 1 aliphatic rings. The maximum absolute atomic E-state index is 13.2. The summed E-state index contributed by atoms with van der Waals surface area (Å²) >= 11 is 0. The number of aliphatic carboxylic acids is 1. The van der Waals surface area contributed by atoms with E-state index in [0.717, 1.165) is 6.92 Å². The average Bonchev–Trinajstić information content (AvgIpc) is 2.84. The summed E-state index contributed by atoms with van der Waals surface area (Å²) in [6, 6.07) is 10.4. The fourth-order valence-corrected chi connectivity index (χ4v) is 3.30. The molecule has 0 unspecified atom stereocenters. The summed E-state index contributed by atoms with van der Waals surface area (Å²) < 4.78 is 10.5. The van der Waals surface area contributed by atoms with Gasteiger partial charge in [0.1, 0.15) is 5.75 Å². The van der Waals surface area contributed by atoms with Gasteiger partial charge in [0.05, 0.1) is 13.5 Å². The first-order valence-electron chi connectivity index (χ1n) is 8.08. The first-order valence-corrected chi connectivity index (χ1v) is 8.08. The Bertz CT molecular complexity index is 939. The van der Waals surface area contributed by atoms with E-state index in [1.165, 1.54) is 37.4 Å². The van der Waals surface area contributed by atoms with Gasteiger partial charge >= 0.3 is 11.9 Å². The van der Waals surface area contributed by atoms with Crippen molar-refractivity contribution in [2.45, 2.75) is 18.9 Å². The Morgan fingerprint density at radius 2 is 1.63 bits per heavy atom. The third-order valence-corrected chi connectivity index (χ3v) is 4.39. The van der Waals surface area contributed by atoms with E-state index in [-0.39, 0.29) is 22.3 Å². The van der Waals surface area contributed by atoms with Crippen LogP contribution in [0, 0.1) is 0 Å². The molecule has 1 aliphatic carbocycles. The maximum atomic E-state index is 13.2. The molecule has 0 spiro atoms. The summed E-state index contributed by atoms with van der Waals surface area (Å²) in [6.45, 7) is 1.09. The smallest absolute Gasteiger partial charge is 0.307 e. The molecule has 0 saturated carbocycles. The van der Waals surface area contributed by atoms with E-state index < -0.39 is 35.5 Å². The Labute approximate surface area is 154 Å². The van der Waals surface area contributed by atoms with E-state index in [0.29, 0.717) is 5.75 Å². The summed E-state index contributed by atoms with van der Waals surface area (Å²) in [4.78, 5) is 49.6. The van der Waals surface area contributed by atoms with Crippen LogP contribution in [-0.2, 0) is 26.3 Å². The van der Waals surface area contributed by atoms with Crippen LogP contribution in [0.3, 0.4) is 0 Å². The van der Waals surface area contributed by atoms with Crippen LogP contribution in [0.1, 0.15) is 38.8 Å². The Morgan fingerprint density at radius 3 is 2.11 bits per heavy atom. The largest absolute Gasteiger partial charge is 0.497 e. The van der Waals surface area contributed by atoms with Crippen molar-refractivity contribution in [1.82, 2.24) is 0 Å². The van der Waals surface area contributed by atoms with Gasteiger partial charge in [-0.3, -0.25) is 19.2 Å². The van der Waals surface area contributed by atoms with Crippen LogP contribution in [0.2, 0.25) is 0 Å². The fourth-order valence-electron chi connectivity index (χ4n) is 3.30. The quantitative estimate of drug-likeness (QED) is 0.636. The molecule has 3 rings (SSSR count). The zero-order chi connectivity index (χ0) is 19.8. The minimum absolute atomic E-state index is 0.00866. The molecule has 0 bridgehead atoms. The lowest BCUT2D eigenvalue weighted by Crippen LogP contribution is -2.43. The van der Waals surface area contributed by atoms with Gasteiger partial charge in [0.2, 0.25) is 11.6 Å². The molecule has 0 atom stereocenters. The molecule has 1 N–H and O–H groups in total. The second-order valence-corrected chi connectivity index (χ2v) is 6.07. The van der Waals surface area contributed by atoms with E-state index in [1.807, 2.05) is 0 Å². The second kappa shape index (κ2) is 6.68. The van der Waals surface area contributed by atoms with Crippen molar-refractivity contribution in [3.05, 3.63) is 64.7 Å². The van der Waals surface area contributed by atoms with Crippen molar-refractivity contribution in [2.24, 2.45) is 0 Å². The molecule has 2 aromatic carbocycles. The van der Waals surface area contributed by atoms with Gasteiger partial charge in [0, 0.05) is 23.6 Å². The highest BCUT2D eigenvalue weighted by molar-refractivity contribution is 6.32. The lowest BCUT2D eigenvalue weighted by Gasteiger charge is -2.28. The molecule has 0 heterocycles. The van der Waals surface area contributed by atoms with E-state index in [1.54, 1.807) is 12.1 Å². The van der Waals surface area contributed by atoms with E-state index >= 15 is 0 Å². The van der Waals surface area contributed by atoms with Crippen molar-refractivity contribution in [3.8, 4) is 5.75 Å². The van der Waals surface area contributed by atoms with E-state index in [2.05, 4.69) is 0 Å². The second-order valence-electron chi connectivity index (χ2n) is 6.07. The number of carboxylic acid groups (broad SMARTS) is 1. The molecule has 7 nitrogen and oxygen atoms in total. The first kappa shape index (κ1) is 18.3. The fraction of sp³-hybridized carbons (Fsp3) is 0.200. The van der Waals surface area contributed by atoms with E-state index in [9.17, 15) is 24.3 Å². The summed E-state index contributed by atoms with van der Waals surface area (Å²) in [7, 11) is 1.39. The van der Waals surface area contributed by atoms with Gasteiger partial charge in [-0.25, -0.2) is 0 Å². The van der Waals surface area contributed by atoms with Crippen LogP contribution in [0.5, 0.6) is 5.75 Å². The molecule has 0 saturated heterocycles. The van der Waals surface area contributed by atoms with Crippen LogP contribution in [-0.4, -0.2) is 35.7 Å². The zero-order valence-corrected chi connectivity index (χ0v) is 14.6. The Kier molecular flexibility index (Phi) is 4.53. The number of carboxylic acids is 1. The highest BCUT2D eigenvalue weighted by Crippen LogP contribution is 2.43. The molecule has 0 aliphatic heterocycles. The topological polar surface area (TPSA) is 107 Å². The molecular formula is C20H16O7. The summed E-state index contributed by atoms with van der Waals surface area (Å²) in [5.74, 6) is -3.12. The van der Waals surface area contributed by atoms with Crippen molar-refractivity contribution in [1.29, 1.82) is 0 Å². The number of ketones is 2. The van der Waals surface area contributed by atoms with Gasteiger partial charge < -0.3 is 14.6 Å². The van der Waals surface area contributed by atoms with Gasteiger partial charge in [-0.05, 0) is 17.7 Å². The number of esters is 1. The van der Waals surface area contributed by atoms with Crippen LogP contribution in [0.25, 0.3) is 0 Å². The molecule has 27 heavy (non-hydrogen) atoms. The predicted octanol–water partition coefficient (Wildman–Crippen LogP) is 2.16. The molecule has 0 aromatic heterocycles. The maximum Gasteiger partial charge on any atom is 0.307 e. The zero-order valence-electron chi connectivity index (χ0n) is 14.6. The van der Waals surface area contributed by atoms with Crippen LogP contribution < -0.4 is 4.74 Å². The lowest BCUT2D eigenvalue weighted by atomic mass is 9.84. The van der Waals surface area contributed by atoms with Crippen LogP contribution in [0.15, 0.2) is 42.5 Å². The molecule has 0 radical (unpaired) electrons. The summed E-state index contributed by atoms with van der Waals surface area (Å²) in [5, 5.41) is 9.22. The molecular weight excluding hydrogens is 352 g/mol. The minimum atomic E-state index is -2.27. The number of ether oxygens (including phenoxy) is 2. The molecule has 7 heteroatoms. The van der Waals surface area contributed by atoms with Crippen LogP contribution >= 0.6 is 0 Å². The van der Waals surface area contributed by atoms with Gasteiger partial charge in [-0.15, -0.1) is 0 Å². The van der Waals surface area contributed by atoms with Gasteiger partial charge in [0.15, 0.2) is 0 Å². The third kappa shape index (κ3) is 2.87. The number of benzene rings is 2. The van der Waals surface area contributed by atoms with Crippen molar-refractivity contribution in [3.63, 3.8) is 0 Å². The molecule has 138 valence electrons. The first-order chi connectivity index (χ1) is 12.8. The Morgan fingerprint density at radius 1 is 1.04 bits per heavy atom. The molecule has 2 aromatic rings. The van der Waals surface area contributed by atoms with Crippen molar-refractivity contribution in [2.75, 3.05) is 7.11 Å². The molecule has 0 amide bonds. The number of carbonyl (C=O) groups excluding carboxylic acids is 3. The van der Waals surface area contributed by atoms with Gasteiger partial charge in [-0.2, -0.15) is 0 Å². The van der Waals surface area contributed by atoms with Gasteiger partial charge in [-0.1, -0.05) is 30.3 Å². The Balaban J connectivity index is 2.32. The third-order valence-electron chi connectivity index (χ3n) is 4.39. The monoisotopic (exact) mass is 368 g/mol. The van der Waals surface area contributed by atoms with Crippen molar-refractivity contribution >= 4 is 23.5 Å².